The topological polar surface area (TPSA) is 21.3 Å². The van der Waals surface area contributed by atoms with E-state index in [9.17, 15) is 0 Å². The Balaban J connectivity index is 1.95. The summed E-state index contributed by atoms with van der Waals surface area (Å²) >= 11 is 0. The van der Waals surface area contributed by atoms with Crippen molar-refractivity contribution in [2.45, 2.75) is 38.5 Å². The molecule has 0 spiro atoms. The van der Waals surface area contributed by atoms with Crippen LogP contribution in [0.25, 0.3) is 0 Å². The smallest absolute Gasteiger partial charge is 0.0700 e. The van der Waals surface area contributed by atoms with E-state index in [1.807, 2.05) is 0 Å². The maximum atomic E-state index is 5.54. The summed E-state index contributed by atoms with van der Waals surface area (Å²) in [5.41, 5.74) is 1.34. The third kappa shape index (κ3) is 2.58. The molecule has 15 heavy (non-hydrogen) atoms. The SMILES string of the molecule is CC1OCCC1N[C@@H](C)c1ccccc1. The summed E-state index contributed by atoms with van der Waals surface area (Å²) in [6, 6.07) is 11.5. The van der Waals surface area contributed by atoms with E-state index in [2.05, 4.69) is 49.5 Å². The van der Waals surface area contributed by atoms with Crippen molar-refractivity contribution < 1.29 is 4.74 Å². The van der Waals surface area contributed by atoms with Crippen molar-refractivity contribution in [1.82, 2.24) is 5.32 Å². The van der Waals surface area contributed by atoms with Crippen LogP contribution in [-0.4, -0.2) is 18.8 Å². The fraction of sp³-hybridized carbons (Fsp3) is 0.538. The van der Waals surface area contributed by atoms with E-state index in [4.69, 9.17) is 4.74 Å². The summed E-state index contributed by atoms with van der Waals surface area (Å²) in [4.78, 5) is 0. The average Bonchev–Trinajstić information content (AvgIpc) is 2.66. The van der Waals surface area contributed by atoms with Gasteiger partial charge < -0.3 is 10.1 Å². The summed E-state index contributed by atoms with van der Waals surface area (Å²) in [6.07, 6.45) is 1.47. The molecule has 1 saturated heterocycles. The minimum atomic E-state index is 0.344. The first-order valence-electron chi connectivity index (χ1n) is 5.70. The number of hydrogen-bond acceptors (Lipinski definition) is 2. The zero-order valence-electron chi connectivity index (χ0n) is 9.44. The highest BCUT2D eigenvalue weighted by molar-refractivity contribution is 5.18. The average molecular weight is 205 g/mol. The molecule has 1 heterocycles. The fourth-order valence-electron chi connectivity index (χ4n) is 2.11. The van der Waals surface area contributed by atoms with Crippen LogP contribution in [-0.2, 0) is 4.74 Å². The number of benzene rings is 1. The van der Waals surface area contributed by atoms with Crippen LogP contribution in [0.5, 0.6) is 0 Å². The Hall–Kier alpha value is -0.860. The number of hydrogen-bond donors (Lipinski definition) is 1. The Kier molecular flexibility index (Phi) is 3.39. The molecule has 82 valence electrons. The minimum absolute atomic E-state index is 0.344. The van der Waals surface area contributed by atoms with Crippen molar-refractivity contribution in [1.29, 1.82) is 0 Å². The molecule has 0 bridgehead atoms. The zero-order chi connectivity index (χ0) is 10.7. The molecule has 1 N–H and O–H groups in total. The Morgan fingerprint density at radius 2 is 2.07 bits per heavy atom. The minimum Gasteiger partial charge on any atom is -0.377 e. The Labute approximate surface area is 91.6 Å². The largest absolute Gasteiger partial charge is 0.377 e. The molecule has 0 aliphatic carbocycles. The van der Waals surface area contributed by atoms with Crippen LogP contribution in [0.2, 0.25) is 0 Å². The number of ether oxygens (including phenoxy) is 1. The van der Waals surface area contributed by atoms with E-state index in [0.29, 0.717) is 18.2 Å². The van der Waals surface area contributed by atoms with Gasteiger partial charge in [-0.15, -0.1) is 0 Å². The number of rotatable bonds is 3. The molecule has 1 aromatic carbocycles. The van der Waals surface area contributed by atoms with Crippen molar-refractivity contribution in [3.05, 3.63) is 35.9 Å². The van der Waals surface area contributed by atoms with E-state index in [-0.39, 0.29) is 0 Å². The molecule has 2 unspecified atom stereocenters. The molecular formula is C13H19NO. The second-order valence-electron chi connectivity index (χ2n) is 4.27. The van der Waals surface area contributed by atoms with E-state index >= 15 is 0 Å². The lowest BCUT2D eigenvalue weighted by Gasteiger charge is -2.21. The van der Waals surface area contributed by atoms with Crippen LogP contribution in [0.1, 0.15) is 31.9 Å². The van der Waals surface area contributed by atoms with Gasteiger partial charge in [0.1, 0.15) is 0 Å². The Morgan fingerprint density at radius 3 is 2.67 bits per heavy atom. The third-order valence-electron chi connectivity index (χ3n) is 3.14. The van der Waals surface area contributed by atoms with Crippen molar-refractivity contribution in [3.63, 3.8) is 0 Å². The highest BCUT2D eigenvalue weighted by Crippen LogP contribution is 2.18. The van der Waals surface area contributed by atoms with Gasteiger partial charge in [0.25, 0.3) is 0 Å². The highest BCUT2D eigenvalue weighted by atomic mass is 16.5. The monoisotopic (exact) mass is 205 g/mol. The molecule has 2 nitrogen and oxygen atoms in total. The van der Waals surface area contributed by atoms with Gasteiger partial charge in [0.2, 0.25) is 0 Å². The summed E-state index contributed by atoms with van der Waals surface area (Å²) in [7, 11) is 0. The number of nitrogens with one attached hydrogen (secondary N) is 1. The molecule has 0 saturated carbocycles. The normalized spacial score (nSPS) is 27.9. The zero-order valence-corrected chi connectivity index (χ0v) is 9.44. The third-order valence-corrected chi connectivity index (χ3v) is 3.14. The van der Waals surface area contributed by atoms with Gasteiger partial charge in [-0.25, -0.2) is 0 Å². The predicted molar refractivity (Wildman–Crippen MR) is 61.8 cm³/mol. The van der Waals surface area contributed by atoms with E-state index in [1.54, 1.807) is 0 Å². The standard InChI is InChI=1S/C13H19NO/c1-10(12-6-4-3-5-7-12)14-13-8-9-15-11(13)2/h3-7,10-11,13-14H,8-9H2,1-2H3/t10-,11?,13?/m0/s1. The summed E-state index contributed by atoms with van der Waals surface area (Å²) in [5, 5.41) is 3.62. The van der Waals surface area contributed by atoms with E-state index in [0.717, 1.165) is 13.0 Å². The first-order chi connectivity index (χ1) is 7.27. The molecule has 0 radical (unpaired) electrons. The molecule has 1 aliphatic rings. The van der Waals surface area contributed by atoms with Gasteiger partial charge in [-0.05, 0) is 25.8 Å². The molecular weight excluding hydrogens is 186 g/mol. The van der Waals surface area contributed by atoms with Crippen molar-refractivity contribution in [3.8, 4) is 0 Å². The first-order valence-corrected chi connectivity index (χ1v) is 5.70. The van der Waals surface area contributed by atoms with Crippen molar-refractivity contribution >= 4 is 0 Å². The van der Waals surface area contributed by atoms with E-state index in [1.165, 1.54) is 5.56 Å². The Bertz CT molecular complexity index is 299. The first kappa shape index (κ1) is 10.7. The second-order valence-corrected chi connectivity index (χ2v) is 4.27. The fourth-order valence-corrected chi connectivity index (χ4v) is 2.11. The summed E-state index contributed by atoms with van der Waals surface area (Å²) < 4.78 is 5.54. The molecule has 1 fully saturated rings. The molecule has 1 aliphatic heterocycles. The van der Waals surface area contributed by atoms with Crippen molar-refractivity contribution in [2.75, 3.05) is 6.61 Å². The molecule has 1 aromatic rings. The molecule has 0 aromatic heterocycles. The van der Waals surface area contributed by atoms with Crippen LogP contribution in [0.15, 0.2) is 30.3 Å². The van der Waals surface area contributed by atoms with Gasteiger partial charge in [-0.1, -0.05) is 30.3 Å². The van der Waals surface area contributed by atoms with Crippen LogP contribution in [0.3, 0.4) is 0 Å². The quantitative estimate of drug-likeness (QED) is 0.818. The predicted octanol–water partition coefficient (Wildman–Crippen LogP) is 2.51. The van der Waals surface area contributed by atoms with Gasteiger partial charge in [0.15, 0.2) is 0 Å². The molecule has 2 heteroatoms. The van der Waals surface area contributed by atoms with Gasteiger partial charge in [-0.3, -0.25) is 0 Å². The molecule has 3 atom stereocenters. The lowest BCUT2D eigenvalue weighted by molar-refractivity contribution is 0.111. The lowest BCUT2D eigenvalue weighted by Crippen LogP contribution is -2.36. The van der Waals surface area contributed by atoms with Crippen LogP contribution in [0.4, 0.5) is 0 Å². The summed E-state index contributed by atoms with van der Waals surface area (Å²) in [6.45, 7) is 5.24. The maximum Gasteiger partial charge on any atom is 0.0700 e. The molecule has 2 rings (SSSR count). The van der Waals surface area contributed by atoms with Gasteiger partial charge in [0.05, 0.1) is 6.10 Å². The van der Waals surface area contributed by atoms with Gasteiger partial charge in [-0.2, -0.15) is 0 Å². The Morgan fingerprint density at radius 1 is 1.33 bits per heavy atom. The van der Waals surface area contributed by atoms with Gasteiger partial charge in [0, 0.05) is 18.7 Å². The van der Waals surface area contributed by atoms with Crippen LogP contribution in [0, 0.1) is 0 Å². The van der Waals surface area contributed by atoms with Gasteiger partial charge >= 0.3 is 0 Å². The lowest BCUT2D eigenvalue weighted by atomic mass is 10.1. The van der Waals surface area contributed by atoms with Crippen LogP contribution < -0.4 is 5.32 Å². The highest BCUT2D eigenvalue weighted by Gasteiger charge is 2.25. The van der Waals surface area contributed by atoms with Crippen LogP contribution >= 0.6 is 0 Å². The van der Waals surface area contributed by atoms with Crippen molar-refractivity contribution in [2.24, 2.45) is 0 Å². The van der Waals surface area contributed by atoms with E-state index < -0.39 is 0 Å². The summed E-state index contributed by atoms with van der Waals surface area (Å²) in [5.74, 6) is 0. The maximum absolute atomic E-state index is 5.54. The second kappa shape index (κ2) is 4.77. The molecule has 0 amide bonds.